The number of unbranched alkanes of at least 4 members (excludes halogenated alkanes) is 1. The van der Waals surface area contributed by atoms with Crippen LogP contribution in [0, 0.1) is 5.41 Å². The molecule has 4 nitrogen and oxygen atoms in total. The van der Waals surface area contributed by atoms with Crippen molar-refractivity contribution in [3.8, 4) is 0 Å². The molecule has 0 radical (unpaired) electrons. The van der Waals surface area contributed by atoms with Gasteiger partial charge in [-0.25, -0.2) is 0 Å². The molecule has 1 aromatic heterocycles. The Balaban J connectivity index is 1.61. The van der Waals surface area contributed by atoms with Crippen molar-refractivity contribution in [2.45, 2.75) is 51.6 Å². The normalized spacial score (nSPS) is 22.2. The van der Waals surface area contributed by atoms with E-state index in [4.69, 9.17) is 4.74 Å². The maximum atomic E-state index is 12.7. The van der Waals surface area contributed by atoms with Crippen LogP contribution in [0.2, 0.25) is 0 Å². The van der Waals surface area contributed by atoms with Crippen LogP contribution >= 0.6 is 11.3 Å². The zero-order valence-electron chi connectivity index (χ0n) is 14.1. The summed E-state index contributed by atoms with van der Waals surface area (Å²) in [6.07, 6.45) is 5.69. The van der Waals surface area contributed by atoms with Crippen molar-refractivity contribution in [1.29, 1.82) is 0 Å². The Hall–Kier alpha value is -0.910. The van der Waals surface area contributed by atoms with Gasteiger partial charge in [-0.2, -0.15) is 11.3 Å². The highest BCUT2D eigenvalue weighted by atomic mass is 32.1. The molecule has 23 heavy (non-hydrogen) atoms. The van der Waals surface area contributed by atoms with Crippen LogP contribution in [0.15, 0.2) is 16.8 Å². The number of thiophene rings is 1. The lowest BCUT2D eigenvalue weighted by atomic mass is 9.93. The molecule has 1 amide bonds. The van der Waals surface area contributed by atoms with Gasteiger partial charge in [0, 0.05) is 19.2 Å². The highest BCUT2D eigenvalue weighted by Gasteiger charge is 2.57. The van der Waals surface area contributed by atoms with Gasteiger partial charge in [-0.3, -0.25) is 4.79 Å². The van der Waals surface area contributed by atoms with Crippen LogP contribution in [0.25, 0.3) is 0 Å². The molecule has 5 heteroatoms. The summed E-state index contributed by atoms with van der Waals surface area (Å²) in [6.45, 7) is 5.97. The van der Waals surface area contributed by atoms with Gasteiger partial charge in [0.1, 0.15) is 6.61 Å². The summed E-state index contributed by atoms with van der Waals surface area (Å²) in [4.78, 5) is 14.8. The number of carbonyl (C=O) groups is 1. The van der Waals surface area contributed by atoms with E-state index in [9.17, 15) is 4.79 Å². The summed E-state index contributed by atoms with van der Waals surface area (Å²) < 4.78 is 5.59. The van der Waals surface area contributed by atoms with Crippen molar-refractivity contribution in [3.05, 3.63) is 22.4 Å². The molecular weight excluding hydrogens is 308 g/mol. The summed E-state index contributed by atoms with van der Waals surface area (Å²) in [5, 5.41) is 7.67. The fraction of sp³-hybridized carbons (Fsp3) is 0.722. The molecular formula is C18H28N2O2S. The van der Waals surface area contributed by atoms with Gasteiger partial charge in [0.05, 0.1) is 0 Å². The average Bonchev–Trinajstić information content (AvgIpc) is 2.99. The van der Waals surface area contributed by atoms with E-state index in [1.165, 1.54) is 24.8 Å². The Morgan fingerprint density at radius 1 is 1.48 bits per heavy atom. The zero-order valence-corrected chi connectivity index (χ0v) is 14.9. The van der Waals surface area contributed by atoms with E-state index in [2.05, 4.69) is 34.0 Å². The molecule has 1 atom stereocenters. The SMILES string of the molecule is CCCCOCC(=O)N(Cc1ccsc1)C1CC12CCNCC2. The molecule has 1 N–H and O–H groups in total. The molecule has 1 saturated carbocycles. The molecule has 0 aromatic carbocycles. The number of hydrogen-bond donors (Lipinski definition) is 1. The minimum atomic E-state index is 0.160. The van der Waals surface area contributed by atoms with Crippen LogP contribution in [-0.2, 0) is 16.1 Å². The molecule has 1 aliphatic heterocycles. The molecule has 2 aliphatic rings. The molecule has 1 spiro atoms. The lowest BCUT2D eigenvalue weighted by Gasteiger charge is -2.29. The van der Waals surface area contributed by atoms with E-state index in [0.717, 1.165) is 32.5 Å². The summed E-state index contributed by atoms with van der Waals surface area (Å²) in [5.74, 6) is 0.160. The Bertz CT molecular complexity index is 497. The number of rotatable bonds is 8. The first-order valence-corrected chi connectivity index (χ1v) is 9.78. The van der Waals surface area contributed by atoms with Crippen molar-refractivity contribution in [1.82, 2.24) is 10.2 Å². The number of carbonyl (C=O) groups excluding carboxylic acids is 1. The fourth-order valence-corrected chi connectivity index (χ4v) is 4.33. The number of nitrogens with zero attached hydrogens (tertiary/aromatic N) is 1. The predicted molar refractivity (Wildman–Crippen MR) is 93.5 cm³/mol. The van der Waals surface area contributed by atoms with Crippen LogP contribution in [0.1, 0.15) is 44.6 Å². The van der Waals surface area contributed by atoms with Crippen LogP contribution in [0.4, 0.5) is 0 Å². The van der Waals surface area contributed by atoms with Crippen molar-refractivity contribution in [2.75, 3.05) is 26.3 Å². The van der Waals surface area contributed by atoms with Crippen molar-refractivity contribution in [3.63, 3.8) is 0 Å². The number of hydrogen-bond acceptors (Lipinski definition) is 4. The molecule has 2 fully saturated rings. The Labute approximate surface area is 143 Å². The first-order valence-electron chi connectivity index (χ1n) is 8.84. The maximum absolute atomic E-state index is 12.7. The number of amides is 1. The minimum Gasteiger partial charge on any atom is -0.372 e. The summed E-state index contributed by atoms with van der Waals surface area (Å²) in [7, 11) is 0. The maximum Gasteiger partial charge on any atom is 0.249 e. The molecule has 0 bridgehead atoms. The molecule has 128 valence electrons. The largest absolute Gasteiger partial charge is 0.372 e. The highest BCUT2D eigenvalue weighted by molar-refractivity contribution is 7.07. The Kier molecular flexibility index (Phi) is 5.72. The van der Waals surface area contributed by atoms with Crippen molar-refractivity contribution >= 4 is 17.2 Å². The Morgan fingerprint density at radius 3 is 3.00 bits per heavy atom. The number of ether oxygens (including phenoxy) is 1. The van der Waals surface area contributed by atoms with E-state index in [1.54, 1.807) is 11.3 Å². The van der Waals surface area contributed by atoms with E-state index in [0.29, 0.717) is 18.1 Å². The predicted octanol–water partition coefficient (Wildman–Crippen LogP) is 3.04. The zero-order chi connectivity index (χ0) is 16.1. The molecule has 2 heterocycles. The van der Waals surface area contributed by atoms with E-state index < -0.39 is 0 Å². The minimum absolute atomic E-state index is 0.160. The molecule has 1 unspecified atom stereocenters. The summed E-state index contributed by atoms with van der Waals surface area (Å²) in [6, 6.07) is 2.53. The second-order valence-corrected chi connectivity index (χ2v) is 7.67. The lowest BCUT2D eigenvalue weighted by molar-refractivity contribution is -0.138. The number of piperidine rings is 1. The molecule has 1 aromatic rings. The van der Waals surface area contributed by atoms with Crippen LogP contribution in [-0.4, -0.2) is 43.2 Å². The van der Waals surface area contributed by atoms with Gasteiger partial charge in [-0.15, -0.1) is 0 Å². The standard InChI is InChI=1S/C18H28N2O2S/c1-2-3-9-22-13-17(21)20(12-15-4-10-23-14-15)16-11-18(16)5-7-19-8-6-18/h4,10,14,16,19H,2-3,5-9,11-13H2,1H3. The van der Waals surface area contributed by atoms with Gasteiger partial charge >= 0.3 is 0 Å². The lowest BCUT2D eigenvalue weighted by Crippen LogP contribution is -2.40. The Morgan fingerprint density at radius 2 is 2.30 bits per heavy atom. The topological polar surface area (TPSA) is 41.6 Å². The van der Waals surface area contributed by atoms with Crippen molar-refractivity contribution < 1.29 is 9.53 Å². The van der Waals surface area contributed by atoms with Crippen LogP contribution < -0.4 is 5.32 Å². The first-order chi connectivity index (χ1) is 11.2. The average molecular weight is 337 g/mol. The van der Waals surface area contributed by atoms with Gasteiger partial charge in [-0.05, 0) is 66.6 Å². The molecule has 1 aliphatic carbocycles. The van der Waals surface area contributed by atoms with Crippen molar-refractivity contribution in [2.24, 2.45) is 5.41 Å². The third-order valence-corrected chi connectivity index (χ3v) is 5.98. The smallest absolute Gasteiger partial charge is 0.249 e. The summed E-state index contributed by atoms with van der Waals surface area (Å²) in [5.41, 5.74) is 1.62. The van der Waals surface area contributed by atoms with Gasteiger partial charge in [0.15, 0.2) is 0 Å². The second-order valence-electron chi connectivity index (χ2n) is 6.89. The monoisotopic (exact) mass is 336 g/mol. The van der Waals surface area contributed by atoms with E-state index >= 15 is 0 Å². The third kappa shape index (κ3) is 4.14. The van der Waals surface area contributed by atoms with Crippen LogP contribution in [0.5, 0.6) is 0 Å². The van der Waals surface area contributed by atoms with Gasteiger partial charge in [-0.1, -0.05) is 13.3 Å². The second kappa shape index (κ2) is 7.77. The van der Waals surface area contributed by atoms with Crippen LogP contribution in [0.3, 0.4) is 0 Å². The van der Waals surface area contributed by atoms with Gasteiger partial charge < -0.3 is 15.0 Å². The van der Waals surface area contributed by atoms with Gasteiger partial charge in [0.2, 0.25) is 5.91 Å². The fourth-order valence-electron chi connectivity index (χ4n) is 3.67. The summed E-state index contributed by atoms with van der Waals surface area (Å²) >= 11 is 1.70. The number of nitrogens with one attached hydrogen (secondary N) is 1. The molecule has 1 saturated heterocycles. The van der Waals surface area contributed by atoms with E-state index in [1.807, 2.05) is 0 Å². The third-order valence-electron chi connectivity index (χ3n) is 5.24. The molecule has 3 rings (SSSR count). The highest BCUT2D eigenvalue weighted by Crippen LogP contribution is 2.56. The quantitative estimate of drug-likeness (QED) is 0.742. The first kappa shape index (κ1) is 16.9. The van der Waals surface area contributed by atoms with Gasteiger partial charge in [0.25, 0.3) is 0 Å². The van der Waals surface area contributed by atoms with E-state index in [-0.39, 0.29) is 12.5 Å².